The number of nitro groups is 1. The third-order valence-electron chi connectivity index (χ3n) is 6.92. The monoisotopic (exact) mass is 511 g/mol. The molecule has 1 aliphatic rings. The molecule has 0 unspecified atom stereocenters. The minimum Gasteiger partial charge on any atom is -0.380 e. The Kier molecular flexibility index (Phi) is 8.06. The van der Waals surface area contributed by atoms with Gasteiger partial charge in [0, 0.05) is 70.0 Å². The van der Waals surface area contributed by atoms with E-state index < -0.39 is 0 Å². The molecule has 1 aliphatic heterocycles. The first-order chi connectivity index (χ1) is 18.6. The highest BCUT2D eigenvalue weighted by molar-refractivity contribution is 5.87. The summed E-state index contributed by atoms with van der Waals surface area (Å²) in [5.74, 6) is 0.498. The van der Waals surface area contributed by atoms with Crippen molar-refractivity contribution in [1.82, 2.24) is 19.8 Å². The number of nitro benzene ring substituents is 1. The topological polar surface area (TPSA) is 99.5 Å². The summed E-state index contributed by atoms with van der Waals surface area (Å²) in [5.41, 5.74) is 5.01. The van der Waals surface area contributed by atoms with Crippen LogP contribution in [0.1, 0.15) is 23.6 Å². The summed E-state index contributed by atoms with van der Waals surface area (Å²) in [5, 5.41) is 18.5. The number of benzene rings is 3. The number of hydrogen-bond donors (Lipinski definition) is 2. The Balaban J connectivity index is 1.21. The van der Waals surface area contributed by atoms with Crippen molar-refractivity contribution in [3.63, 3.8) is 0 Å². The highest BCUT2D eigenvalue weighted by Crippen LogP contribution is 2.29. The van der Waals surface area contributed by atoms with Crippen LogP contribution >= 0.6 is 0 Å². The van der Waals surface area contributed by atoms with Crippen LogP contribution in [0, 0.1) is 10.1 Å². The van der Waals surface area contributed by atoms with Crippen LogP contribution in [0.25, 0.3) is 10.9 Å². The van der Waals surface area contributed by atoms with Gasteiger partial charge in [0.15, 0.2) is 0 Å². The molecule has 0 radical (unpaired) electrons. The van der Waals surface area contributed by atoms with Gasteiger partial charge in [0.25, 0.3) is 5.69 Å². The van der Waals surface area contributed by atoms with Crippen molar-refractivity contribution in [2.75, 3.05) is 43.4 Å². The second kappa shape index (κ2) is 12.0. The van der Waals surface area contributed by atoms with Crippen LogP contribution < -0.4 is 10.6 Å². The molecule has 2 N–H and O–H groups in total. The van der Waals surface area contributed by atoms with E-state index in [1.54, 1.807) is 12.3 Å². The van der Waals surface area contributed by atoms with Crippen molar-refractivity contribution in [2.24, 2.45) is 0 Å². The Labute approximate surface area is 222 Å². The molecule has 9 nitrogen and oxygen atoms in total. The number of hydrogen-bond acceptors (Lipinski definition) is 8. The number of fused-ring (bicyclic) bond motifs is 1. The van der Waals surface area contributed by atoms with Crippen LogP contribution in [-0.4, -0.2) is 57.4 Å². The van der Waals surface area contributed by atoms with E-state index >= 15 is 0 Å². The molecule has 4 aromatic rings. The summed E-state index contributed by atoms with van der Waals surface area (Å²) in [6.07, 6.45) is 1.63. The second-order valence-corrected chi connectivity index (χ2v) is 9.57. The third kappa shape index (κ3) is 6.24. The molecular formula is C29H33N7O2. The van der Waals surface area contributed by atoms with E-state index in [4.69, 9.17) is 0 Å². The average Bonchev–Trinajstić information content (AvgIpc) is 2.94. The van der Waals surface area contributed by atoms with Crippen LogP contribution in [0.2, 0.25) is 0 Å². The molecule has 1 saturated heterocycles. The van der Waals surface area contributed by atoms with Gasteiger partial charge in [-0.3, -0.25) is 19.9 Å². The summed E-state index contributed by atoms with van der Waals surface area (Å²) in [6, 6.07) is 22.4. The molecule has 0 spiro atoms. The van der Waals surface area contributed by atoms with E-state index in [9.17, 15) is 10.1 Å². The Morgan fingerprint density at radius 2 is 1.58 bits per heavy atom. The first kappa shape index (κ1) is 25.6. The molecule has 0 atom stereocenters. The minimum atomic E-state index is -0.385. The molecule has 3 aromatic carbocycles. The van der Waals surface area contributed by atoms with Gasteiger partial charge in [-0.25, -0.2) is 9.97 Å². The Morgan fingerprint density at radius 3 is 2.29 bits per heavy atom. The lowest BCUT2D eigenvalue weighted by molar-refractivity contribution is -0.383. The van der Waals surface area contributed by atoms with Gasteiger partial charge in [0.2, 0.25) is 5.95 Å². The zero-order chi connectivity index (χ0) is 26.3. The molecule has 1 aromatic heterocycles. The van der Waals surface area contributed by atoms with E-state index in [1.807, 2.05) is 6.92 Å². The lowest BCUT2D eigenvalue weighted by atomic mass is 10.1. The maximum atomic E-state index is 11.4. The predicted molar refractivity (Wildman–Crippen MR) is 151 cm³/mol. The van der Waals surface area contributed by atoms with Crippen molar-refractivity contribution < 1.29 is 4.92 Å². The number of piperazine rings is 1. The smallest absolute Gasteiger partial charge is 0.293 e. The number of rotatable bonds is 10. The molecule has 5 rings (SSSR count). The van der Waals surface area contributed by atoms with E-state index in [-0.39, 0.29) is 10.6 Å². The minimum absolute atomic E-state index is 0.0264. The SMILES string of the molecule is CCNc1cc2nc(NCc3ccccc3CN3CCN(Cc4ccccc4)CC3)ncc2cc1[N+](=O)[O-]. The van der Waals surface area contributed by atoms with Gasteiger partial charge < -0.3 is 10.6 Å². The molecule has 38 heavy (non-hydrogen) atoms. The number of anilines is 2. The van der Waals surface area contributed by atoms with Gasteiger partial charge in [-0.15, -0.1) is 0 Å². The van der Waals surface area contributed by atoms with Crippen molar-refractivity contribution in [3.8, 4) is 0 Å². The van der Waals surface area contributed by atoms with Gasteiger partial charge >= 0.3 is 0 Å². The Hall–Kier alpha value is -4.08. The van der Waals surface area contributed by atoms with Crippen molar-refractivity contribution in [3.05, 3.63) is 99.7 Å². The molecule has 1 fully saturated rings. The lowest BCUT2D eigenvalue weighted by Gasteiger charge is -2.35. The van der Waals surface area contributed by atoms with E-state index in [1.165, 1.54) is 22.8 Å². The molecule has 0 amide bonds. The van der Waals surface area contributed by atoms with Gasteiger partial charge in [-0.2, -0.15) is 0 Å². The molecule has 2 heterocycles. The van der Waals surface area contributed by atoms with Crippen LogP contribution in [0.5, 0.6) is 0 Å². The normalized spacial score (nSPS) is 14.4. The van der Waals surface area contributed by atoms with E-state index in [2.05, 4.69) is 85.0 Å². The molecule has 196 valence electrons. The number of nitrogens with one attached hydrogen (secondary N) is 2. The van der Waals surface area contributed by atoms with Gasteiger partial charge in [0.05, 0.1) is 10.4 Å². The molecule has 9 heteroatoms. The number of nitrogens with zero attached hydrogens (tertiary/aromatic N) is 5. The average molecular weight is 512 g/mol. The third-order valence-corrected chi connectivity index (χ3v) is 6.92. The number of aromatic nitrogens is 2. The second-order valence-electron chi connectivity index (χ2n) is 9.57. The highest BCUT2D eigenvalue weighted by Gasteiger charge is 2.19. The maximum Gasteiger partial charge on any atom is 0.293 e. The summed E-state index contributed by atoms with van der Waals surface area (Å²) in [6.45, 7) is 9.22. The maximum absolute atomic E-state index is 11.4. The molecular weight excluding hydrogens is 478 g/mol. The van der Waals surface area contributed by atoms with Crippen molar-refractivity contribution >= 4 is 28.2 Å². The molecule has 0 aliphatic carbocycles. The fourth-order valence-corrected chi connectivity index (χ4v) is 4.88. The Bertz CT molecular complexity index is 1390. The highest BCUT2D eigenvalue weighted by atomic mass is 16.6. The Morgan fingerprint density at radius 1 is 0.895 bits per heavy atom. The van der Waals surface area contributed by atoms with Gasteiger partial charge in [-0.05, 0) is 29.7 Å². The summed E-state index contributed by atoms with van der Waals surface area (Å²) >= 11 is 0. The largest absolute Gasteiger partial charge is 0.380 e. The fraction of sp³-hybridized carbons (Fsp3) is 0.310. The molecule has 0 saturated carbocycles. The van der Waals surface area contributed by atoms with Crippen molar-refractivity contribution in [1.29, 1.82) is 0 Å². The zero-order valence-corrected chi connectivity index (χ0v) is 21.6. The fourth-order valence-electron chi connectivity index (χ4n) is 4.88. The van der Waals surface area contributed by atoms with Crippen LogP contribution in [0.3, 0.4) is 0 Å². The molecule has 0 bridgehead atoms. The zero-order valence-electron chi connectivity index (χ0n) is 21.6. The quantitative estimate of drug-likeness (QED) is 0.229. The van der Waals surface area contributed by atoms with Crippen LogP contribution in [0.4, 0.5) is 17.3 Å². The summed E-state index contributed by atoms with van der Waals surface area (Å²) in [7, 11) is 0. The predicted octanol–water partition coefficient (Wildman–Crippen LogP) is 4.90. The van der Waals surface area contributed by atoms with E-state index in [0.717, 1.165) is 39.3 Å². The standard InChI is InChI=1S/C29H33N7O2/c1-2-30-27-17-26-25(16-28(27)36(37)38)19-32-29(33-26)31-18-23-10-6-7-11-24(23)21-35-14-12-34(13-15-35)20-22-8-4-3-5-9-22/h3-11,16-17,19,30H,2,12-15,18,20-21H2,1H3,(H,31,32,33). The van der Waals surface area contributed by atoms with Crippen molar-refractivity contribution in [2.45, 2.75) is 26.6 Å². The lowest BCUT2D eigenvalue weighted by Crippen LogP contribution is -2.45. The summed E-state index contributed by atoms with van der Waals surface area (Å²) < 4.78 is 0. The first-order valence-corrected chi connectivity index (χ1v) is 13.1. The van der Waals surface area contributed by atoms with Crippen LogP contribution in [-0.2, 0) is 19.6 Å². The summed E-state index contributed by atoms with van der Waals surface area (Å²) in [4.78, 5) is 25.1. The van der Waals surface area contributed by atoms with Gasteiger partial charge in [-0.1, -0.05) is 54.6 Å². The van der Waals surface area contributed by atoms with Crippen LogP contribution in [0.15, 0.2) is 72.9 Å². The van der Waals surface area contributed by atoms with E-state index in [0.29, 0.717) is 35.6 Å². The first-order valence-electron chi connectivity index (χ1n) is 13.1. The van der Waals surface area contributed by atoms with Gasteiger partial charge in [0.1, 0.15) is 5.69 Å².